The molecule has 0 atom stereocenters. The van der Waals surface area contributed by atoms with Crippen LogP contribution >= 0.6 is 12.4 Å². The van der Waals surface area contributed by atoms with Gasteiger partial charge in [-0.2, -0.15) is 0 Å². The van der Waals surface area contributed by atoms with Gasteiger partial charge in [0.15, 0.2) is 0 Å². The van der Waals surface area contributed by atoms with E-state index in [1.165, 1.54) is 18.2 Å². The van der Waals surface area contributed by atoms with Crippen LogP contribution < -0.4 is 5.32 Å². The number of hydrogen-bond acceptors (Lipinski definition) is 11. The number of nitro groups is 1. The molecule has 3 heterocycles. The van der Waals surface area contributed by atoms with Gasteiger partial charge < -0.3 is 24.3 Å². The highest BCUT2D eigenvalue weighted by Gasteiger charge is 2.40. The largest absolute Gasteiger partial charge is 0.463 e. The maximum absolute atomic E-state index is 13.6. The Hall–Kier alpha value is -4.65. The molecule has 0 amide bonds. The molecular weight excluding hydrogens is 616 g/mol. The molecule has 46 heavy (non-hydrogen) atoms. The van der Waals surface area contributed by atoms with E-state index in [-0.39, 0.29) is 55.7 Å². The molecule has 1 aliphatic rings. The lowest BCUT2D eigenvalue weighted by Gasteiger charge is -2.32. The normalized spacial score (nSPS) is 13.1. The van der Waals surface area contributed by atoms with Crippen LogP contribution in [0.5, 0.6) is 0 Å². The molecule has 1 aromatic carbocycles. The summed E-state index contributed by atoms with van der Waals surface area (Å²) in [6.07, 6.45) is 8.04. The van der Waals surface area contributed by atoms with Crippen LogP contribution in [-0.2, 0) is 41.4 Å². The van der Waals surface area contributed by atoms with Crippen molar-refractivity contribution >= 4 is 30.0 Å². The van der Waals surface area contributed by atoms with Gasteiger partial charge >= 0.3 is 11.9 Å². The van der Waals surface area contributed by atoms with Crippen LogP contribution in [0.2, 0.25) is 0 Å². The maximum Gasteiger partial charge on any atom is 0.336 e. The van der Waals surface area contributed by atoms with Crippen molar-refractivity contribution in [3.63, 3.8) is 0 Å². The number of hydrogen-bond donors (Lipinski definition) is 1. The standard InChI is InChI=1S/C33H36N4O8.ClH/c1-3-44-32(38)30-27(21-42-16-12-23-8-6-14-34-19-23)36-28(22-43-17-13-24-9-7-15-35-20-24)31(33(39)45-4-2)29(30)25-10-5-11-26(18-25)37(40)41;/h5-11,14-15,18-20,29,36H,3-4,12-13,16-17,21-22H2,1-2H3;1H. The summed E-state index contributed by atoms with van der Waals surface area (Å²) in [5, 5.41) is 14.9. The van der Waals surface area contributed by atoms with Gasteiger partial charge in [-0.3, -0.25) is 20.1 Å². The van der Waals surface area contributed by atoms with E-state index in [1.807, 2.05) is 24.3 Å². The first-order chi connectivity index (χ1) is 21.9. The Morgan fingerprint density at radius 2 is 1.35 bits per heavy atom. The Balaban J connectivity index is 0.00000576. The average molecular weight is 653 g/mol. The van der Waals surface area contributed by atoms with Gasteiger partial charge in [-0.1, -0.05) is 24.3 Å². The monoisotopic (exact) mass is 652 g/mol. The lowest BCUT2D eigenvalue weighted by molar-refractivity contribution is -0.384. The number of nitro benzene ring substituents is 1. The van der Waals surface area contributed by atoms with Crippen molar-refractivity contribution < 1.29 is 33.5 Å². The van der Waals surface area contributed by atoms with Crippen LogP contribution in [-0.4, -0.2) is 66.5 Å². The Labute approximate surface area is 273 Å². The van der Waals surface area contributed by atoms with Crippen molar-refractivity contribution in [3.8, 4) is 0 Å². The molecule has 0 fully saturated rings. The van der Waals surface area contributed by atoms with Crippen LogP contribution in [0.15, 0.2) is 95.9 Å². The first-order valence-corrected chi connectivity index (χ1v) is 14.7. The Bertz CT molecular complexity index is 1450. The van der Waals surface area contributed by atoms with Gasteiger partial charge in [-0.05, 0) is 55.5 Å². The topological polar surface area (TPSA) is 152 Å². The molecule has 0 saturated carbocycles. The predicted octanol–water partition coefficient (Wildman–Crippen LogP) is 4.65. The number of carbonyl (C=O) groups is 2. The van der Waals surface area contributed by atoms with Crippen LogP contribution in [0.25, 0.3) is 0 Å². The molecule has 1 N–H and O–H groups in total. The van der Waals surface area contributed by atoms with Crippen LogP contribution in [0.4, 0.5) is 5.69 Å². The summed E-state index contributed by atoms with van der Waals surface area (Å²) in [4.78, 5) is 46.6. The van der Waals surface area contributed by atoms with Gasteiger partial charge in [-0.15, -0.1) is 12.4 Å². The van der Waals surface area contributed by atoms with Crippen molar-refractivity contribution in [3.05, 3.63) is 123 Å². The van der Waals surface area contributed by atoms with Crippen molar-refractivity contribution in [2.75, 3.05) is 39.6 Å². The summed E-state index contributed by atoms with van der Waals surface area (Å²) in [6, 6.07) is 13.4. The lowest BCUT2D eigenvalue weighted by Crippen LogP contribution is -2.37. The zero-order valence-electron chi connectivity index (χ0n) is 25.7. The van der Waals surface area contributed by atoms with E-state index < -0.39 is 22.8 Å². The van der Waals surface area contributed by atoms with E-state index in [1.54, 1.807) is 44.7 Å². The smallest absolute Gasteiger partial charge is 0.336 e. The van der Waals surface area contributed by atoms with Gasteiger partial charge in [0.1, 0.15) is 0 Å². The third-order valence-corrected chi connectivity index (χ3v) is 6.94. The highest BCUT2D eigenvalue weighted by Crippen LogP contribution is 2.40. The SMILES string of the molecule is CCOC(=O)C1=C(COCCc2cccnc2)NC(COCCc2cccnc2)=C(C(=O)OCC)C1c1cccc([N+](=O)[O-])c1.Cl. The van der Waals surface area contributed by atoms with Gasteiger partial charge in [0.05, 0.1) is 73.0 Å². The molecule has 0 spiro atoms. The minimum Gasteiger partial charge on any atom is -0.463 e. The van der Waals surface area contributed by atoms with Crippen LogP contribution in [0.1, 0.15) is 36.5 Å². The second-order valence-corrected chi connectivity index (χ2v) is 9.96. The predicted molar refractivity (Wildman–Crippen MR) is 171 cm³/mol. The Morgan fingerprint density at radius 3 is 1.78 bits per heavy atom. The molecule has 3 aromatic rings. The maximum atomic E-state index is 13.6. The number of benzene rings is 1. The summed E-state index contributed by atoms with van der Waals surface area (Å²) in [7, 11) is 0. The number of esters is 2. The minimum atomic E-state index is -1.06. The first-order valence-electron chi connectivity index (χ1n) is 14.7. The molecule has 0 aliphatic carbocycles. The molecule has 0 unspecified atom stereocenters. The van der Waals surface area contributed by atoms with E-state index in [9.17, 15) is 19.7 Å². The van der Waals surface area contributed by atoms with E-state index >= 15 is 0 Å². The number of dihydropyridines is 1. The quantitative estimate of drug-likeness (QED) is 0.0996. The molecule has 4 rings (SSSR count). The Kier molecular flexibility index (Phi) is 14.3. The number of non-ortho nitro benzene ring substituents is 1. The van der Waals surface area contributed by atoms with Crippen molar-refractivity contribution in [1.29, 1.82) is 0 Å². The number of nitrogens with one attached hydrogen (secondary N) is 1. The number of rotatable bonds is 16. The third kappa shape index (κ3) is 9.67. The lowest BCUT2D eigenvalue weighted by atomic mass is 9.80. The van der Waals surface area contributed by atoms with E-state index in [4.69, 9.17) is 18.9 Å². The fourth-order valence-corrected chi connectivity index (χ4v) is 4.91. The van der Waals surface area contributed by atoms with Crippen molar-refractivity contribution in [2.24, 2.45) is 0 Å². The van der Waals surface area contributed by atoms with Crippen LogP contribution in [0, 0.1) is 10.1 Å². The highest BCUT2D eigenvalue weighted by atomic mass is 35.5. The fourth-order valence-electron chi connectivity index (χ4n) is 4.91. The van der Waals surface area contributed by atoms with Gasteiger partial charge in [0.25, 0.3) is 5.69 Å². The molecule has 244 valence electrons. The van der Waals surface area contributed by atoms with Crippen LogP contribution in [0.3, 0.4) is 0 Å². The van der Waals surface area contributed by atoms with E-state index in [0.717, 1.165) is 11.1 Å². The zero-order valence-corrected chi connectivity index (χ0v) is 26.5. The minimum absolute atomic E-state index is 0. The molecule has 12 nitrogen and oxygen atoms in total. The average Bonchev–Trinajstić information content (AvgIpc) is 3.05. The molecule has 0 saturated heterocycles. The molecule has 1 aliphatic heterocycles. The van der Waals surface area contributed by atoms with Crippen molar-refractivity contribution in [2.45, 2.75) is 32.6 Å². The highest BCUT2D eigenvalue weighted by molar-refractivity contribution is 6.00. The number of pyridine rings is 2. The van der Waals surface area contributed by atoms with Gasteiger partial charge in [0, 0.05) is 36.9 Å². The summed E-state index contributed by atoms with van der Waals surface area (Å²) < 4.78 is 22.9. The molecule has 0 bridgehead atoms. The molecule has 13 heteroatoms. The molecule has 2 aromatic heterocycles. The number of nitrogens with zero attached hydrogens (tertiary/aromatic N) is 3. The van der Waals surface area contributed by atoms with E-state index in [0.29, 0.717) is 43.0 Å². The zero-order chi connectivity index (χ0) is 32.0. The number of aromatic nitrogens is 2. The van der Waals surface area contributed by atoms with Gasteiger partial charge in [-0.25, -0.2) is 9.59 Å². The van der Waals surface area contributed by atoms with Crippen molar-refractivity contribution in [1.82, 2.24) is 15.3 Å². The second-order valence-electron chi connectivity index (χ2n) is 9.96. The second kappa shape index (κ2) is 18.4. The van der Waals surface area contributed by atoms with E-state index in [2.05, 4.69) is 15.3 Å². The number of halogens is 1. The fraction of sp³-hybridized carbons (Fsp3) is 0.333. The summed E-state index contributed by atoms with van der Waals surface area (Å²) in [6.45, 7) is 4.06. The summed E-state index contributed by atoms with van der Waals surface area (Å²) >= 11 is 0. The van der Waals surface area contributed by atoms with Gasteiger partial charge in [0.2, 0.25) is 0 Å². The third-order valence-electron chi connectivity index (χ3n) is 6.94. The summed E-state index contributed by atoms with van der Waals surface area (Å²) in [5.41, 5.74) is 3.02. The first kappa shape index (κ1) is 35.8. The Morgan fingerprint density at radius 1 is 0.826 bits per heavy atom. The number of ether oxygens (including phenoxy) is 4. The number of carbonyl (C=O) groups excluding carboxylic acids is 2. The molecule has 0 radical (unpaired) electrons. The summed E-state index contributed by atoms with van der Waals surface area (Å²) in [5.74, 6) is -2.44. The molecular formula is C33H37ClN4O8.